The average Bonchev–Trinajstić information content (AvgIpc) is 2.71. The fourth-order valence-corrected chi connectivity index (χ4v) is 1.25. The van der Waals surface area contributed by atoms with E-state index in [4.69, 9.17) is 0 Å². The van der Waals surface area contributed by atoms with E-state index < -0.39 is 18.1 Å². The fraction of sp³-hybridized carbons (Fsp3) is 0.100. The van der Waals surface area contributed by atoms with Crippen LogP contribution in [-0.2, 0) is 0 Å². The zero-order valence-corrected chi connectivity index (χ0v) is 7.85. The van der Waals surface area contributed by atoms with Gasteiger partial charge in [0, 0.05) is 5.56 Å². The maximum Gasteiger partial charge on any atom is 0.279 e. The monoisotopic (exact) mass is 230 g/mol. The van der Waals surface area contributed by atoms with E-state index in [1.165, 1.54) is 6.07 Å². The molecule has 0 bridgehead atoms. The van der Waals surface area contributed by atoms with Crippen molar-refractivity contribution in [2.75, 3.05) is 0 Å². The summed E-state index contributed by atoms with van der Waals surface area (Å²) in [6.07, 6.45) is -2.67. The standard InChI is InChI=1S/C10H6F4N2/c11-6-2-1-5(3-7(6)12)8-4-9(10(13)14)16-15-8/h1-4,10H,(H,15,16). The molecule has 0 amide bonds. The van der Waals surface area contributed by atoms with Crippen LogP contribution >= 0.6 is 0 Å². The summed E-state index contributed by atoms with van der Waals surface area (Å²) < 4.78 is 50.0. The lowest BCUT2D eigenvalue weighted by atomic mass is 10.1. The lowest BCUT2D eigenvalue weighted by Gasteiger charge is -1.97. The first-order valence-electron chi connectivity index (χ1n) is 4.37. The summed E-state index contributed by atoms with van der Waals surface area (Å²) in [6.45, 7) is 0. The van der Waals surface area contributed by atoms with Gasteiger partial charge in [0.1, 0.15) is 5.69 Å². The van der Waals surface area contributed by atoms with Crippen LogP contribution in [0.4, 0.5) is 17.6 Å². The topological polar surface area (TPSA) is 28.7 Å². The van der Waals surface area contributed by atoms with Crippen molar-refractivity contribution in [3.05, 3.63) is 41.6 Å². The Morgan fingerprint density at radius 1 is 1.06 bits per heavy atom. The molecule has 6 heteroatoms. The molecule has 0 fully saturated rings. The Bertz CT molecular complexity index is 507. The Morgan fingerprint density at radius 3 is 2.38 bits per heavy atom. The average molecular weight is 230 g/mol. The molecule has 0 aliphatic carbocycles. The van der Waals surface area contributed by atoms with E-state index in [0.717, 1.165) is 18.2 Å². The predicted molar refractivity (Wildman–Crippen MR) is 48.9 cm³/mol. The maximum atomic E-state index is 12.9. The van der Waals surface area contributed by atoms with E-state index in [9.17, 15) is 17.6 Å². The fourth-order valence-electron chi connectivity index (χ4n) is 1.25. The van der Waals surface area contributed by atoms with Gasteiger partial charge >= 0.3 is 0 Å². The van der Waals surface area contributed by atoms with Crippen molar-refractivity contribution >= 4 is 0 Å². The number of hydrogen-bond acceptors (Lipinski definition) is 1. The Labute approximate surface area is 87.9 Å². The van der Waals surface area contributed by atoms with E-state index >= 15 is 0 Å². The summed E-state index contributed by atoms with van der Waals surface area (Å²) in [5, 5.41) is 5.71. The minimum Gasteiger partial charge on any atom is -0.276 e. The zero-order chi connectivity index (χ0) is 11.7. The molecule has 1 heterocycles. The summed E-state index contributed by atoms with van der Waals surface area (Å²) in [4.78, 5) is 0. The summed E-state index contributed by atoms with van der Waals surface area (Å²) in [7, 11) is 0. The molecule has 0 atom stereocenters. The van der Waals surface area contributed by atoms with Gasteiger partial charge in [-0.1, -0.05) is 0 Å². The molecule has 0 saturated heterocycles. The summed E-state index contributed by atoms with van der Waals surface area (Å²) >= 11 is 0. The van der Waals surface area contributed by atoms with Gasteiger partial charge in [0.15, 0.2) is 11.6 Å². The molecular formula is C10H6F4N2. The van der Waals surface area contributed by atoms with Gasteiger partial charge in [0.05, 0.1) is 5.69 Å². The summed E-state index contributed by atoms with van der Waals surface area (Å²) in [5.74, 6) is -2.03. The Balaban J connectivity index is 2.39. The molecule has 0 radical (unpaired) electrons. The molecule has 2 aromatic rings. The van der Waals surface area contributed by atoms with Gasteiger partial charge in [-0.25, -0.2) is 17.6 Å². The van der Waals surface area contributed by atoms with Gasteiger partial charge in [0.2, 0.25) is 0 Å². The van der Waals surface area contributed by atoms with Crippen molar-refractivity contribution in [1.82, 2.24) is 10.2 Å². The van der Waals surface area contributed by atoms with Crippen molar-refractivity contribution in [1.29, 1.82) is 0 Å². The van der Waals surface area contributed by atoms with Crippen molar-refractivity contribution in [3.8, 4) is 11.3 Å². The molecule has 0 aliphatic heterocycles. The minimum absolute atomic E-state index is 0.147. The Morgan fingerprint density at radius 2 is 1.81 bits per heavy atom. The molecule has 0 saturated carbocycles. The van der Waals surface area contributed by atoms with E-state index in [0.29, 0.717) is 0 Å². The number of nitrogens with zero attached hydrogens (tertiary/aromatic N) is 1. The summed E-state index contributed by atoms with van der Waals surface area (Å²) in [5.41, 5.74) is 0.0241. The van der Waals surface area contributed by atoms with Crippen LogP contribution in [0, 0.1) is 11.6 Å². The highest BCUT2D eigenvalue weighted by molar-refractivity contribution is 5.59. The van der Waals surface area contributed by atoms with Crippen LogP contribution in [0.5, 0.6) is 0 Å². The second-order valence-electron chi connectivity index (χ2n) is 3.14. The van der Waals surface area contributed by atoms with Crippen molar-refractivity contribution < 1.29 is 17.6 Å². The van der Waals surface area contributed by atoms with E-state index in [1.54, 1.807) is 0 Å². The number of halogens is 4. The van der Waals surface area contributed by atoms with Crippen molar-refractivity contribution in [3.63, 3.8) is 0 Å². The van der Waals surface area contributed by atoms with Crippen molar-refractivity contribution in [2.24, 2.45) is 0 Å². The Kier molecular flexibility index (Phi) is 2.64. The summed E-state index contributed by atoms with van der Waals surface area (Å²) in [6, 6.07) is 4.18. The van der Waals surface area contributed by atoms with Crippen LogP contribution in [0.15, 0.2) is 24.3 Å². The van der Waals surface area contributed by atoms with E-state index in [-0.39, 0.29) is 17.0 Å². The maximum absolute atomic E-state index is 12.9. The smallest absolute Gasteiger partial charge is 0.276 e. The molecule has 0 unspecified atom stereocenters. The number of aromatic amines is 1. The van der Waals surface area contributed by atoms with Gasteiger partial charge in [0.25, 0.3) is 6.43 Å². The second-order valence-corrected chi connectivity index (χ2v) is 3.14. The molecule has 0 spiro atoms. The SMILES string of the molecule is Fc1ccc(-c2cc(C(F)F)[nH]n2)cc1F. The lowest BCUT2D eigenvalue weighted by molar-refractivity contribution is 0.146. The predicted octanol–water partition coefficient (Wildman–Crippen LogP) is 3.29. The third-order valence-electron chi connectivity index (χ3n) is 2.05. The van der Waals surface area contributed by atoms with Crippen LogP contribution in [0.25, 0.3) is 11.3 Å². The van der Waals surface area contributed by atoms with Crippen LogP contribution in [-0.4, -0.2) is 10.2 Å². The van der Waals surface area contributed by atoms with Gasteiger partial charge in [-0.3, -0.25) is 5.10 Å². The molecule has 1 aromatic carbocycles. The highest BCUT2D eigenvalue weighted by Gasteiger charge is 2.13. The number of aromatic nitrogens is 2. The molecular weight excluding hydrogens is 224 g/mol. The number of rotatable bonds is 2. The highest BCUT2D eigenvalue weighted by Crippen LogP contribution is 2.24. The molecule has 1 aromatic heterocycles. The zero-order valence-electron chi connectivity index (χ0n) is 7.85. The van der Waals surface area contributed by atoms with E-state index in [2.05, 4.69) is 10.2 Å². The number of hydrogen-bond donors (Lipinski definition) is 1. The van der Waals surface area contributed by atoms with Gasteiger partial charge < -0.3 is 0 Å². The first kappa shape index (κ1) is 10.7. The minimum atomic E-state index is -2.67. The van der Waals surface area contributed by atoms with Gasteiger partial charge in [-0.05, 0) is 24.3 Å². The molecule has 2 nitrogen and oxygen atoms in total. The van der Waals surface area contributed by atoms with Crippen LogP contribution < -0.4 is 0 Å². The lowest BCUT2D eigenvalue weighted by Crippen LogP contribution is -1.85. The van der Waals surface area contributed by atoms with Crippen molar-refractivity contribution in [2.45, 2.75) is 6.43 Å². The number of alkyl halides is 2. The number of nitrogens with one attached hydrogen (secondary N) is 1. The number of benzene rings is 1. The first-order valence-corrected chi connectivity index (χ1v) is 4.37. The normalized spacial score (nSPS) is 11.1. The van der Waals surface area contributed by atoms with Gasteiger partial charge in [-0.15, -0.1) is 0 Å². The highest BCUT2D eigenvalue weighted by atomic mass is 19.3. The van der Waals surface area contributed by atoms with Crippen LogP contribution in [0.3, 0.4) is 0 Å². The molecule has 16 heavy (non-hydrogen) atoms. The third kappa shape index (κ3) is 1.91. The quantitative estimate of drug-likeness (QED) is 0.788. The largest absolute Gasteiger partial charge is 0.279 e. The molecule has 84 valence electrons. The Hall–Kier alpha value is -1.85. The second kappa shape index (κ2) is 3.96. The molecule has 2 rings (SSSR count). The molecule has 0 aliphatic rings. The van der Waals surface area contributed by atoms with Crippen LogP contribution in [0.1, 0.15) is 12.1 Å². The van der Waals surface area contributed by atoms with Gasteiger partial charge in [-0.2, -0.15) is 5.10 Å². The van der Waals surface area contributed by atoms with Crippen LogP contribution in [0.2, 0.25) is 0 Å². The third-order valence-corrected chi connectivity index (χ3v) is 2.05. The molecule has 1 N–H and O–H groups in total. The first-order chi connectivity index (χ1) is 7.58. The number of H-pyrrole nitrogens is 1. The van der Waals surface area contributed by atoms with E-state index in [1.807, 2.05) is 0 Å².